The summed E-state index contributed by atoms with van der Waals surface area (Å²) < 4.78 is 0. The van der Waals surface area contributed by atoms with Gasteiger partial charge < -0.3 is 0 Å². The van der Waals surface area contributed by atoms with Crippen LogP contribution < -0.4 is 11.3 Å². The molecule has 0 amide bonds. The van der Waals surface area contributed by atoms with Crippen molar-refractivity contribution in [2.24, 2.45) is 5.84 Å². The van der Waals surface area contributed by atoms with Gasteiger partial charge in [0.25, 0.3) is 0 Å². The fraction of sp³-hybridized carbons (Fsp3) is 0.714. The van der Waals surface area contributed by atoms with Crippen LogP contribution >= 0.6 is 23.5 Å². The van der Waals surface area contributed by atoms with Gasteiger partial charge in [-0.05, 0) is 0 Å². The third-order valence-corrected chi connectivity index (χ3v) is 4.44. The molecule has 1 aliphatic heterocycles. The fourth-order valence-corrected chi connectivity index (χ4v) is 3.73. The molecule has 0 radical (unpaired) electrons. The van der Waals surface area contributed by atoms with E-state index >= 15 is 0 Å². The van der Waals surface area contributed by atoms with Crippen molar-refractivity contribution in [3.63, 3.8) is 0 Å². The Morgan fingerprint density at radius 2 is 2.45 bits per heavy atom. The number of hydrazine groups is 1. The molecular weight excluding hydrogens is 176 g/mol. The maximum atomic E-state index is 5.30. The minimum absolute atomic E-state index is 0.0350. The smallest absolute Gasteiger partial charge is 0.0941 e. The van der Waals surface area contributed by atoms with Crippen molar-refractivity contribution in [2.75, 3.05) is 17.3 Å². The highest BCUT2D eigenvalue weighted by Gasteiger charge is 2.21. The Morgan fingerprint density at radius 3 is 2.91 bits per heavy atom. The average Bonchev–Trinajstić information content (AvgIpc) is 2.09. The van der Waals surface area contributed by atoms with Crippen LogP contribution in [-0.2, 0) is 0 Å². The van der Waals surface area contributed by atoms with Crippen LogP contribution in [0.2, 0.25) is 0 Å². The second-order valence-corrected chi connectivity index (χ2v) is 4.79. The predicted octanol–water partition coefficient (Wildman–Crippen LogP) is 0.300. The van der Waals surface area contributed by atoms with Gasteiger partial charge in [0, 0.05) is 22.5 Å². The number of nitrogens with one attached hydrogen (secondary N) is 1. The summed E-state index contributed by atoms with van der Waals surface area (Å²) in [5, 5.41) is 0.490. The van der Waals surface area contributed by atoms with Crippen molar-refractivity contribution in [3.8, 4) is 12.3 Å². The quantitative estimate of drug-likeness (QED) is 0.371. The molecule has 0 aliphatic carbocycles. The summed E-state index contributed by atoms with van der Waals surface area (Å²) in [6.45, 7) is 0. The summed E-state index contributed by atoms with van der Waals surface area (Å²) >= 11 is 3.86. The Kier molecular flexibility index (Phi) is 4.16. The van der Waals surface area contributed by atoms with E-state index in [1.165, 1.54) is 11.5 Å². The molecule has 0 aromatic rings. The molecule has 62 valence electrons. The van der Waals surface area contributed by atoms with Gasteiger partial charge >= 0.3 is 0 Å². The lowest BCUT2D eigenvalue weighted by molar-refractivity contribution is 0.633. The fourth-order valence-electron chi connectivity index (χ4n) is 0.961. The van der Waals surface area contributed by atoms with Gasteiger partial charge in [-0.2, -0.15) is 23.5 Å². The minimum atomic E-state index is 0.0350. The molecule has 2 nitrogen and oxygen atoms in total. The first-order valence-electron chi connectivity index (χ1n) is 3.50. The molecule has 0 spiro atoms. The zero-order valence-electron chi connectivity index (χ0n) is 6.25. The third-order valence-electron chi connectivity index (χ3n) is 1.57. The Bertz CT molecular complexity index is 149. The summed E-state index contributed by atoms with van der Waals surface area (Å²) in [5.41, 5.74) is 2.65. The number of thioether (sulfide) groups is 2. The van der Waals surface area contributed by atoms with Gasteiger partial charge in [0.05, 0.1) is 6.04 Å². The monoisotopic (exact) mass is 188 g/mol. The lowest BCUT2D eigenvalue weighted by Crippen LogP contribution is -2.43. The maximum Gasteiger partial charge on any atom is 0.0941 e. The van der Waals surface area contributed by atoms with Crippen molar-refractivity contribution >= 4 is 23.5 Å². The Balaban J connectivity index is 2.38. The number of hydrogen-bond acceptors (Lipinski definition) is 4. The first-order valence-corrected chi connectivity index (χ1v) is 5.70. The highest BCUT2D eigenvalue weighted by Crippen LogP contribution is 2.25. The lowest BCUT2D eigenvalue weighted by Gasteiger charge is -2.25. The van der Waals surface area contributed by atoms with Crippen molar-refractivity contribution in [2.45, 2.75) is 11.3 Å². The molecular formula is C7H12N2S2. The lowest BCUT2D eigenvalue weighted by atomic mass is 10.2. The van der Waals surface area contributed by atoms with E-state index in [2.05, 4.69) is 11.3 Å². The largest absolute Gasteiger partial charge is 0.270 e. The van der Waals surface area contributed by atoms with Crippen LogP contribution in [0.25, 0.3) is 0 Å². The van der Waals surface area contributed by atoms with Crippen molar-refractivity contribution in [3.05, 3.63) is 0 Å². The molecule has 1 rings (SSSR count). The highest BCUT2D eigenvalue weighted by molar-refractivity contribution is 8.06. The van der Waals surface area contributed by atoms with E-state index in [9.17, 15) is 0 Å². The summed E-state index contributed by atoms with van der Waals surface area (Å²) in [5.74, 6) is 11.5. The normalized spacial score (nSPS) is 27.5. The molecule has 2 atom stereocenters. The van der Waals surface area contributed by atoms with E-state index in [0.717, 1.165) is 5.75 Å². The van der Waals surface area contributed by atoms with E-state index in [1.54, 1.807) is 0 Å². The van der Waals surface area contributed by atoms with E-state index in [4.69, 9.17) is 12.3 Å². The molecule has 0 saturated carbocycles. The van der Waals surface area contributed by atoms with E-state index < -0.39 is 0 Å². The average molecular weight is 188 g/mol. The van der Waals surface area contributed by atoms with Gasteiger partial charge in [0.1, 0.15) is 0 Å². The summed E-state index contributed by atoms with van der Waals surface area (Å²) in [6.07, 6.45) is 5.30. The minimum Gasteiger partial charge on any atom is -0.270 e. The number of rotatable bonds is 2. The van der Waals surface area contributed by atoms with E-state index in [1.807, 2.05) is 23.5 Å². The molecule has 0 bridgehead atoms. The SMILES string of the molecule is C#CC(NN)C1CSCCS1. The summed E-state index contributed by atoms with van der Waals surface area (Å²) in [7, 11) is 0. The molecule has 1 heterocycles. The van der Waals surface area contributed by atoms with Crippen molar-refractivity contribution in [1.29, 1.82) is 0 Å². The first kappa shape index (κ1) is 9.27. The number of terminal acetylenes is 1. The standard InChI is InChI=1S/C7H12N2S2/c1-2-6(9-8)7-5-10-3-4-11-7/h1,6-7,9H,3-5,8H2. The van der Waals surface area contributed by atoms with Crippen LogP contribution in [-0.4, -0.2) is 28.6 Å². The summed E-state index contributed by atoms with van der Waals surface area (Å²) in [4.78, 5) is 0. The first-order chi connectivity index (χ1) is 5.38. The zero-order valence-corrected chi connectivity index (χ0v) is 7.88. The van der Waals surface area contributed by atoms with Crippen LogP contribution in [0.15, 0.2) is 0 Å². The molecule has 11 heavy (non-hydrogen) atoms. The van der Waals surface area contributed by atoms with Crippen LogP contribution in [0.5, 0.6) is 0 Å². The predicted molar refractivity (Wildman–Crippen MR) is 53.5 cm³/mol. The van der Waals surface area contributed by atoms with Crippen molar-refractivity contribution in [1.82, 2.24) is 5.43 Å². The Morgan fingerprint density at radius 1 is 1.64 bits per heavy atom. The Hall–Kier alpha value is 0.180. The van der Waals surface area contributed by atoms with E-state index in [0.29, 0.717) is 5.25 Å². The van der Waals surface area contributed by atoms with Gasteiger partial charge in [-0.15, -0.1) is 6.42 Å². The molecule has 3 N–H and O–H groups in total. The topological polar surface area (TPSA) is 38.0 Å². The molecule has 2 unspecified atom stereocenters. The second kappa shape index (κ2) is 4.94. The maximum absolute atomic E-state index is 5.30. The van der Waals surface area contributed by atoms with Gasteiger partial charge in [0.2, 0.25) is 0 Å². The summed E-state index contributed by atoms with van der Waals surface area (Å²) in [6, 6.07) is 0.0350. The molecule has 1 saturated heterocycles. The number of nitrogens with two attached hydrogens (primary N) is 1. The van der Waals surface area contributed by atoms with Gasteiger partial charge in [-0.3, -0.25) is 5.84 Å². The molecule has 0 aromatic carbocycles. The highest BCUT2D eigenvalue weighted by atomic mass is 32.2. The Labute approximate surface area is 76.0 Å². The van der Waals surface area contributed by atoms with Gasteiger partial charge in [0.15, 0.2) is 0 Å². The van der Waals surface area contributed by atoms with Gasteiger partial charge in [-0.25, -0.2) is 5.43 Å². The molecule has 1 fully saturated rings. The molecule has 1 aliphatic rings. The van der Waals surface area contributed by atoms with Crippen LogP contribution in [0.1, 0.15) is 0 Å². The zero-order chi connectivity index (χ0) is 8.10. The van der Waals surface area contributed by atoms with Crippen molar-refractivity contribution < 1.29 is 0 Å². The van der Waals surface area contributed by atoms with Gasteiger partial charge in [-0.1, -0.05) is 5.92 Å². The third kappa shape index (κ3) is 2.60. The van der Waals surface area contributed by atoms with Crippen LogP contribution in [0.3, 0.4) is 0 Å². The van der Waals surface area contributed by atoms with E-state index in [-0.39, 0.29) is 6.04 Å². The molecule has 0 aromatic heterocycles. The molecule has 4 heteroatoms. The van der Waals surface area contributed by atoms with Crippen LogP contribution in [0.4, 0.5) is 0 Å². The van der Waals surface area contributed by atoms with Crippen LogP contribution in [0, 0.1) is 12.3 Å². The number of hydrogen-bond donors (Lipinski definition) is 2. The second-order valence-electron chi connectivity index (χ2n) is 2.30.